The highest BCUT2D eigenvalue weighted by molar-refractivity contribution is 9.10. The lowest BCUT2D eigenvalue weighted by atomic mass is 10.2. The fourth-order valence-electron chi connectivity index (χ4n) is 1.68. The number of anilines is 1. The number of aliphatic hydroxyl groups excluding tert-OH is 1. The van der Waals surface area contributed by atoms with Crippen molar-refractivity contribution in [2.45, 2.75) is 6.61 Å². The number of nitrogens with one attached hydrogen (secondary N) is 1. The molecule has 1 aromatic carbocycles. The lowest BCUT2D eigenvalue weighted by molar-refractivity contribution is 0.102. The summed E-state index contributed by atoms with van der Waals surface area (Å²) in [6.45, 7) is -0.207. The van der Waals surface area contributed by atoms with Crippen LogP contribution in [0, 0.1) is 0 Å². The Morgan fingerprint density at radius 2 is 2.20 bits per heavy atom. The van der Waals surface area contributed by atoms with E-state index in [9.17, 15) is 4.79 Å². The van der Waals surface area contributed by atoms with E-state index < -0.39 is 0 Å². The molecule has 0 aliphatic rings. The number of rotatable bonds is 4. The molecule has 104 valence electrons. The largest absolute Gasteiger partial charge is 0.495 e. The van der Waals surface area contributed by atoms with Crippen molar-refractivity contribution in [2.75, 3.05) is 12.4 Å². The summed E-state index contributed by atoms with van der Waals surface area (Å²) in [6, 6.07) is 8.46. The highest BCUT2D eigenvalue weighted by Gasteiger charge is 2.11. The topological polar surface area (TPSA) is 71.5 Å². The van der Waals surface area contributed by atoms with Gasteiger partial charge in [0, 0.05) is 16.2 Å². The number of hydrogen-bond donors (Lipinski definition) is 2. The van der Waals surface area contributed by atoms with Crippen LogP contribution in [0.3, 0.4) is 0 Å². The van der Waals surface area contributed by atoms with Gasteiger partial charge in [0.15, 0.2) is 0 Å². The molecule has 20 heavy (non-hydrogen) atoms. The average molecular weight is 337 g/mol. The van der Waals surface area contributed by atoms with Crippen molar-refractivity contribution in [1.29, 1.82) is 0 Å². The second-order valence-corrected chi connectivity index (χ2v) is 4.91. The van der Waals surface area contributed by atoms with Crippen LogP contribution in [0.1, 0.15) is 16.1 Å². The van der Waals surface area contributed by atoms with Crippen LogP contribution in [-0.4, -0.2) is 23.1 Å². The molecule has 1 heterocycles. The van der Waals surface area contributed by atoms with Gasteiger partial charge in [0.2, 0.25) is 0 Å². The summed E-state index contributed by atoms with van der Waals surface area (Å²) in [6.07, 6.45) is 1.48. The fourth-order valence-corrected chi connectivity index (χ4v) is 2.04. The van der Waals surface area contributed by atoms with Crippen molar-refractivity contribution in [3.63, 3.8) is 0 Å². The number of nitrogens with zero attached hydrogens (tertiary/aromatic N) is 1. The van der Waals surface area contributed by atoms with Crippen molar-refractivity contribution < 1.29 is 14.6 Å². The molecule has 0 atom stereocenters. The van der Waals surface area contributed by atoms with E-state index in [-0.39, 0.29) is 12.5 Å². The molecule has 0 spiro atoms. The summed E-state index contributed by atoms with van der Waals surface area (Å²) in [5, 5.41) is 11.8. The van der Waals surface area contributed by atoms with Crippen LogP contribution in [0.25, 0.3) is 0 Å². The highest BCUT2D eigenvalue weighted by Crippen LogP contribution is 2.28. The third-order valence-electron chi connectivity index (χ3n) is 2.65. The van der Waals surface area contributed by atoms with Gasteiger partial charge in [-0.25, -0.2) is 0 Å². The van der Waals surface area contributed by atoms with Crippen LogP contribution >= 0.6 is 15.9 Å². The number of benzene rings is 1. The van der Waals surface area contributed by atoms with Crippen LogP contribution < -0.4 is 10.1 Å². The SMILES string of the molecule is COc1ccc(Br)cc1NC(=O)c1ccnc(CO)c1. The molecule has 6 heteroatoms. The second kappa shape index (κ2) is 6.49. The minimum absolute atomic E-state index is 0.207. The zero-order valence-corrected chi connectivity index (χ0v) is 12.3. The lowest BCUT2D eigenvalue weighted by Gasteiger charge is -2.11. The van der Waals surface area contributed by atoms with Gasteiger partial charge in [-0.3, -0.25) is 9.78 Å². The molecule has 0 fully saturated rings. The summed E-state index contributed by atoms with van der Waals surface area (Å²) < 4.78 is 6.03. The van der Waals surface area contributed by atoms with E-state index in [2.05, 4.69) is 26.2 Å². The molecule has 0 radical (unpaired) electrons. The molecule has 2 N–H and O–H groups in total. The minimum Gasteiger partial charge on any atom is -0.495 e. The molecule has 2 rings (SSSR count). The van der Waals surface area contributed by atoms with Gasteiger partial charge >= 0.3 is 0 Å². The number of aromatic nitrogens is 1. The van der Waals surface area contributed by atoms with E-state index in [4.69, 9.17) is 9.84 Å². The highest BCUT2D eigenvalue weighted by atomic mass is 79.9. The fraction of sp³-hybridized carbons (Fsp3) is 0.143. The standard InChI is InChI=1S/C14H13BrN2O3/c1-20-13-3-2-10(15)7-12(13)17-14(19)9-4-5-16-11(6-9)8-18/h2-7,18H,8H2,1H3,(H,17,19). The first-order valence-corrected chi connectivity index (χ1v) is 6.64. The van der Waals surface area contributed by atoms with Gasteiger partial charge in [-0.1, -0.05) is 15.9 Å². The number of carbonyl (C=O) groups excluding carboxylic acids is 1. The number of pyridine rings is 1. The molecule has 0 saturated carbocycles. The molecular formula is C14H13BrN2O3. The molecule has 0 unspecified atom stereocenters. The molecular weight excluding hydrogens is 324 g/mol. The molecule has 0 aliphatic heterocycles. The Morgan fingerprint density at radius 3 is 2.90 bits per heavy atom. The van der Waals surface area contributed by atoms with E-state index in [1.807, 2.05) is 6.07 Å². The van der Waals surface area contributed by atoms with E-state index in [0.29, 0.717) is 22.7 Å². The molecule has 0 bridgehead atoms. The van der Waals surface area contributed by atoms with Gasteiger partial charge in [0.05, 0.1) is 25.1 Å². The first kappa shape index (κ1) is 14.5. The van der Waals surface area contributed by atoms with Crippen LogP contribution in [0.5, 0.6) is 5.75 Å². The number of halogens is 1. The summed E-state index contributed by atoms with van der Waals surface area (Å²) in [5.74, 6) is 0.275. The zero-order valence-electron chi connectivity index (χ0n) is 10.8. The van der Waals surface area contributed by atoms with Crippen molar-refractivity contribution in [2.24, 2.45) is 0 Å². The third-order valence-corrected chi connectivity index (χ3v) is 3.14. The molecule has 2 aromatic rings. The van der Waals surface area contributed by atoms with Gasteiger partial charge in [-0.05, 0) is 30.3 Å². The molecule has 1 amide bonds. The molecule has 0 aliphatic carbocycles. The van der Waals surface area contributed by atoms with Crippen LogP contribution in [0.15, 0.2) is 41.0 Å². The minimum atomic E-state index is -0.293. The predicted molar refractivity (Wildman–Crippen MR) is 78.8 cm³/mol. The Hall–Kier alpha value is -1.92. The monoisotopic (exact) mass is 336 g/mol. The zero-order chi connectivity index (χ0) is 14.5. The second-order valence-electron chi connectivity index (χ2n) is 3.99. The van der Waals surface area contributed by atoms with Gasteiger partial charge < -0.3 is 15.2 Å². The van der Waals surface area contributed by atoms with E-state index in [0.717, 1.165) is 4.47 Å². The van der Waals surface area contributed by atoms with Crippen LogP contribution in [0.2, 0.25) is 0 Å². The Kier molecular flexibility index (Phi) is 4.70. The third kappa shape index (κ3) is 3.34. The smallest absolute Gasteiger partial charge is 0.255 e. The summed E-state index contributed by atoms with van der Waals surface area (Å²) >= 11 is 3.34. The number of amides is 1. The summed E-state index contributed by atoms with van der Waals surface area (Å²) in [5.41, 5.74) is 1.43. The number of aliphatic hydroxyl groups is 1. The van der Waals surface area contributed by atoms with Gasteiger partial charge in [-0.2, -0.15) is 0 Å². The maximum absolute atomic E-state index is 12.2. The molecule has 5 nitrogen and oxygen atoms in total. The summed E-state index contributed by atoms with van der Waals surface area (Å²) in [4.78, 5) is 16.1. The first-order valence-electron chi connectivity index (χ1n) is 5.84. The molecule has 0 saturated heterocycles. The normalized spacial score (nSPS) is 10.2. The van der Waals surface area contributed by atoms with E-state index >= 15 is 0 Å². The van der Waals surface area contributed by atoms with Gasteiger partial charge in [0.1, 0.15) is 5.75 Å². The maximum Gasteiger partial charge on any atom is 0.255 e. The van der Waals surface area contributed by atoms with E-state index in [1.165, 1.54) is 13.3 Å². The number of ether oxygens (including phenoxy) is 1. The number of hydrogen-bond acceptors (Lipinski definition) is 4. The maximum atomic E-state index is 12.2. The quantitative estimate of drug-likeness (QED) is 0.900. The van der Waals surface area contributed by atoms with Gasteiger partial charge in [-0.15, -0.1) is 0 Å². The lowest BCUT2D eigenvalue weighted by Crippen LogP contribution is -2.13. The molecule has 1 aromatic heterocycles. The Labute approximate surface area is 124 Å². The number of carbonyl (C=O) groups is 1. The van der Waals surface area contributed by atoms with E-state index in [1.54, 1.807) is 24.3 Å². The van der Waals surface area contributed by atoms with Crippen LogP contribution in [0.4, 0.5) is 5.69 Å². The van der Waals surface area contributed by atoms with Crippen molar-refractivity contribution in [3.05, 3.63) is 52.3 Å². The summed E-state index contributed by atoms with van der Waals surface area (Å²) in [7, 11) is 1.54. The van der Waals surface area contributed by atoms with Crippen molar-refractivity contribution >= 4 is 27.5 Å². The van der Waals surface area contributed by atoms with Crippen molar-refractivity contribution in [1.82, 2.24) is 4.98 Å². The Balaban J connectivity index is 2.25. The van der Waals surface area contributed by atoms with Crippen LogP contribution in [-0.2, 0) is 6.61 Å². The Morgan fingerprint density at radius 1 is 1.40 bits per heavy atom. The number of methoxy groups -OCH3 is 1. The van der Waals surface area contributed by atoms with Crippen molar-refractivity contribution in [3.8, 4) is 5.75 Å². The predicted octanol–water partition coefficient (Wildman–Crippen LogP) is 2.60. The Bertz CT molecular complexity index is 632. The average Bonchev–Trinajstić information content (AvgIpc) is 2.47. The first-order chi connectivity index (χ1) is 9.63. The van der Waals surface area contributed by atoms with Gasteiger partial charge in [0.25, 0.3) is 5.91 Å².